The zero-order chi connectivity index (χ0) is 16.3. The lowest BCUT2D eigenvalue weighted by molar-refractivity contribution is -0.144. The van der Waals surface area contributed by atoms with E-state index in [2.05, 4.69) is 5.32 Å². The summed E-state index contributed by atoms with van der Waals surface area (Å²) in [6, 6.07) is -0.489. The van der Waals surface area contributed by atoms with Crippen LogP contribution in [0.4, 0.5) is 4.79 Å². The van der Waals surface area contributed by atoms with Crippen LogP contribution in [0.5, 0.6) is 0 Å². The Morgan fingerprint density at radius 1 is 1.45 bits per heavy atom. The Labute approximate surface area is 129 Å². The molecular weight excluding hydrogens is 290 g/mol. The number of carbonyl (C=O) groups excluding carboxylic acids is 1. The van der Waals surface area contributed by atoms with Crippen LogP contribution in [-0.2, 0) is 19.0 Å². The maximum absolute atomic E-state index is 11.8. The number of hydrogen-bond donors (Lipinski definition) is 2. The van der Waals surface area contributed by atoms with Crippen LogP contribution in [-0.4, -0.2) is 47.8 Å². The predicted molar refractivity (Wildman–Crippen MR) is 77.3 cm³/mol. The van der Waals surface area contributed by atoms with E-state index in [9.17, 15) is 14.7 Å². The molecule has 7 nitrogen and oxygen atoms in total. The van der Waals surface area contributed by atoms with Gasteiger partial charge in [-0.2, -0.15) is 0 Å². The summed E-state index contributed by atoms with van der Waals surface area (Å²) in [7, 11) is 0. The summed E-state index contributed by atoms with van der Waals surface area (Å²) in [6.07, 6.45) is 1.99. The number of rotatable bonds is 5. The molecule has 2 rings (SSSR count). The minimum atomic E-state index is -1.02. The first-order chi connectivity index (χ1) is 10.3. The summed E-state index contributed by atoms with van der Waals surface area (Å²) < 4.78 is 16.5. The Morgan fingerprint density at radius 3 is 2.82 bits per heavy atom. The number of ether oxygens (including phenoxy) is 3. The van der Waals surface area contributed by atoms with Crippen LogP contribution in [0.3, 0.4) is 0 Å². The second-order valence-corrected chi connectivity index (χ2v) is 6.01. The molecule has 0 radical (unpaired) electrons. The quantitative estimate of drug-likeness (QED) is 0.752. The fraction of sp³-hybridized carbons (Fsp3) is 0.733. The van der Waals surface area contributed by atoms with E-state index in [1.807, 2.05) is 6.92 Å². The lowest BCUT2D eigenvalue weighted by atomic mass is 9.90. The SMILES string of the molecule is CCCCOC(=O)NC1CC(C(=O)O)=CC2OC(C)(C)OC12. The molecule has 0 bridgehead atoms. The third kappa shape index (κ3) is 3.98. The van der Waals surface area contributed by atoms with Crippen LogP contribution in [0, 0.1) is 0 Å². The third-order valence-electron chi connectivity index (χ3n) is 3.67. The van der Waals surface area contributed by atoms with Crippen molar-refractivity contribution in [2.75, 3.05) is 6.61 Å². The Hall–Kier alpha value is -1.60. The first-order valence-electron chi connectivity index (χ1n) is 7.55. The van der Waals surface area contributed by atoms with Crippen LogP contribution in [0.2, 0.25) is 0 Å². The molecule has 1 heterocycles. The van der Waals surface area contributed by atoms with Crippen LogP contribution in [0.15, 0.2) is 11.6 Å². The maximum Gasteiger partial charge on any atom is 0.407 e. The number of carboxylic acid groups (broad SMARTS) is 1. The highest BCUT2D eigenvalue weighted by Crippen LogP contribution is 2.36. The van der Waals surface area contributed by atoms with Crippen molar-refractivity contribution in [3.63, 3.8) is 0 Å². The van der Waals surface area contributed by atoms with Crippen molar-refractivity contribution < 1.29 is 28.9 Å². The summed E-state index contributed by atoms with van der Waals surface area (Å²) in [4.78, 5) is 23.1. The van der Waals surface area contributed by atoms with E-state index >= 15 is 0 Å². The second kappa shape index (κ2) is 6.66. The molecule has 124 valence electrons. The van der Waals surface area contributed by atoms with E-state index in [1.165, 1.54) is 0 Å². The van der Waals surface area contributed by atoms with E-state index in [4.69, 9.17) is 14.2 Å². The number of unbranched alkanes of at least 4 members (excludes halogenated alkanes) is 1. The minimum absolute atomic E-state index is 0.179. The molecule has 1 fully saturated rings. The first-order valence-corrected chi connectivity index (χ1v) is 7.55. The van der Waals surface area contributed by atoms with Gasteiger partial charge in [0.1, 0.15) is 12.2 Å². The third-order valence-corrected chi connectivity index (χ3v) is 3.67. The van der Waals surface area contributed by atoms with E-state index in [1.54, 1.807) is 19.9 Å². The number of carbonyl (C=O) groups is 2. The predicted octanol–water partition coefficient (Wildman–Crippen LogP) is 1.82. The number of carboxylic acids is 1. The van der Waals surface area contributed by atoms with Crippen molar-refractivity contribution >= 4 is 12.1 Å². The van der Waals surface area contributed by atoms with Crippen LogP contribution in [0.25, 0.3) is 0 Å². The van der Waals surface area contributed by atoms with Crippen LogP contribution in [0.1, 0.15) is 40.0 Å². The Balaban J connectivity index is 2.04. The van der Waals surface area contributed by atoms with Crippen molar-refractivity contribution in [1.82, 2.24) is 5.32 Å². The molecule has 22 heavy (non-hydrogen) atoms. The molecule has 1 aliphatic heterocycles. The Kier molecular flexibility index (Phi) is 5.08. The van der Waals surface area contributed by atoms with Crippen LogP contribution >= 0.6 is 0 Å². The molecule has 0 saturated carbocycles. The molecular formula is C15H23NO6. The smallest absolute Gasteiger partial charge is 0.407 e. The van der Waals surface area contributed by atoms with Gasteiger partial charge in [0.2, 0.25) is 0 Å². The largest absolute Gasteiger partial charge is 0.478 e. The standard InChI is InChI=1S/C15H23NO6/c1-4-5-6-20-14(19)16-10-7-9(13(17)18)8-11-12(10)22-15(2,3)21-11/h8,10-12H,4-7H2,1-3H3,(H,16,19)(H,17,18). The number of fused-ring (bicyclic) bond motifs is 1. The van der Waals surface area contributed by atoms with E-state index < -0.39 is 36.1 Å². The molecule has 0 aromatic carbocycles. The van der Waals surface area contributed by atoms with Gasteiger partial charge in [-0.05, 0) is 26.3 Å². The fourth-order valence-electron chi connectivity index (χ4n) is 2.67. The summed E-state index contributed by atoms with van der Waals surface area (Å²) in [6.45, 7) is 5.86. The zero-order valence-corrected chi connectivity index (χ0v) is 13.1. The average molecular weight is 313 g/mol. The number of aliphatic carboxylic acids is 1. The second-order valence-electron chi connectivity index (χ2n) is 6.01. The van der Waals surface area contributed by atoms with E-state index in [0.29, 0.717) is 6.61 Å². The molecule has 2 N–H and O–H groups in total. The zero-order valence-electron chi connectivity index (χ0n) is 13.1. The van der Waals surface area contributed by atoms with Crippen molar-refractivity contribution in [3.8, 4) is 0 Å². The Morgan fingerprint density at radius 2 is 2.18 bits per heavy atom. The van der Waals surface area contributed by atoms with Crippen molar-refractivity contribution in [2.45, 2.75) is 64.1 Å². The van der Waals surface area contributed by atoms with Crippen molar-refractivity contribution in [2.24, 2.45) is 0 Å². The van der Waals surface area contributed by atoms with Gasteiger partial charge in [0.25, 0.3) is 0 Å². The van der Waals surface area contributed by atoms with Gasteiger partial charge in [0.05, 0.1) is 12.6 Å². The maximum atomic E-state index is 11.8. The lowest BCUT2D eigenvalue weighted by Crippen LogP contribution is -2.50. The van der Waals surface area contributed by atoms with Gasteiger partial charge in [0.15, 0.2) is 5.79 Å². The van der Waals surface area contributed by atoms with Gasteiger partial charge in [-0.25, -0.2) is 9.59 Å². The van der Waals surface area contributed by atoms with Crippen molar-refractivity contribution in [3.05, 3.63) is 11.6 Å². The number of nitrogens with one attached hydrogen (secondary N) is 1. The molecule has 7 heteroatoms. The van der Waals surface area contributed by atoms with E-state index in [0.717, 1.165) is 12.8 Å². The summed E-state index contributed by atoms with van der Waals surface area (Å²) >= 11 is 0. The van der Waals surface area contributed by atoms with Gasteiger partial charge in [0, 0.05) is 12.0 Å². The van der Waals surface area contributed by atoms with Gasteiger partial charge < -0.3 is 24.6 Å². The van der Waals surface area contributed by atoms with Gasteiger partial charge in [-0.15, -0.1) is 0 Å². The molecule has 2 aliphatic rings. The van der Waals surface area contributed by atoms with Crippen LogP contribution < -0.4 is 5.32 Å². The Bertz CT molecular complexity index is 473. The summed E-state index contributed by atoms with van der Waals surface area (Å²) in [5.41, 5.74) is 0.210. The highest BCUT2D eigenvalue weighted by atomic mass is 16.8. The molecule has 3 atom stereocenters. The molecule has 1 amide bonds. The average Bonchev–Trinajstić information content (AvgIpc) is 2.73. The monoisotopic (exact) mass is 313 g/mol. The van der Waals surface area contributed by atoms with E-state index in [-0.39, 0.29) is 12.0 Å². The van der Waals surface area contributed by atoms with Gasteiger partial charge >= 0.3 is 12.1 Å². The molecule has 0 aromatic heterocycles. The molecule has 3 unspecified atom stereocenters. The molecule has 0 aromatic rings. The topological polar surface area (TPSA) is 94.1 Å². The van der Waals surface area contributed by atoms with Crippen molar-refractivity contribution in [1.29, 1.82) is 0 Å². The number of hydrogen-bond acceptors (Lipinski definition) is 5. The van der Waals surface area contributed by atoms with Gasteiger partial charge in [-0.1, -0.05) is 13.3 Å². The summed E-state index contributed by atoms with van der Waals surface area (Å²) in [5, 5.41) is 11.9. The fourth-order valence-corrected chi connectivity index (χ4v) is 2.67. The highest BCUT2D eigenvalue weighted by molar-refractivity contribution is 5.87. The van der Waals surface area contributed by atoms with Gasteiger partial charge in [-0.3, -0.25) is 0 Å². The first kappa shape index (κ1) is 16.8. The highest BCUT2D eigenvalue weighted by Gasteiger charge is 2.48. The molecule has 0 spiro atoms. The summed E-state index contributed by atoms with van der Waals surface area (Å²) in [5.74, 6) is -1.83. The molecule has 1 saturated heterocycles. The normalized spacial score (nSPS) is 29.4. The molecule has 1 aliphatic carbocycles. The number of alkyl carbamates (subject to hydrolysis) is 1. The minimum Gasteiger partial charge on any atom is -0.478 e. The number of amides is 1. The lowest BCUT2D eigenvalue weighted by Gasteiger charge is -2.30.